The van der Waals surface area contributed by atoms with E-state index < -0.39 is 16.0 Å². The molecule has 0 atom stereocenters. The Morgan fingerprint density at radius 3 is 2.74 bits per heavy atom. The summed E-state index contributed by atoms with van der Waals surface area (Å²) in [7, 11) is -3.91. The zero-order chi connectivity index (χ0) is 19.6. The minimum Gasteiger partial charge on any atom is -0.461 e. The van der Waals surface area contributed by atoms with Crippen molar-refractivity contribution in [3.8, 4) is 6.07 Å². The van der Waals surface area contributed by atoms with E-state index in [0.29, 0.717) is 16.6 Å². The van der Waals surface area contributed by atoms with E-state index in [2.05, 4.69) is 9.71 Å². The number of esters is 1. The molecular weight excluding hydrogens is 366 g/mol. The third-order valence-electron chi connectivity index (χ3n) is 4.02. The van der Waals surface area contributed by atoms with E-state index in [4.69, 9.17) is 10.00 Å². The zero-order valence-corrected chi connectivity index (χ0v) is 15.6. The second-order valence-corrected chi connectivity index (χ2v) is 7.55. The Morgan fingerprint density at radius 1 is 1.26 bits per heavy atom. The predicted molar refractivity (Wildman–Crippen MR) is 101 cm³/mol. The van der Waals surface area contributed by atoms with Crippen LogP contribution in [0.1, 0.15) is 28.5 Å². The van der Waals surface area contributed by atoms with Crippen molar-refractivity contribution in [3.05, 3.63) is 59.3 Å². The number of benzene rings is 2. The fourth-order valence-corrected chi connectivity index (χ4v) is 3.82. The molecule has 1 heterocycles. The molecule has 0 saturated heterocycles. The number of nitriles is 1. The van der Waals surface area contributed by atoms with Gasteiger partial charge in [0, 0.05) is 5.39 Å². The topological polar surface area (TPSA) is 112 Å². The number of carbonyl (C=O) groups excluding carboxylic acids is 1. The van der Waals surface area contributed by atoms with E-state index in [-0.39, 0.29) is 22.8 Å². The van der Waals surface area contributed by atoms with Crippen LogP contribution in [-0.4, -0.2) is 26.0 Å². The summed E-state index contributed by atoms with van der Waals surface area (Å²) in [6.45, 7) is 3.81. The highest BCUT2D eigenvalue weighted by molar-refractivity contribution is 7.92. The van der Waals surface area contributed by atoms with Crippen LogP contribution >= 0.6 is 0 Å². The highest BCUT2D eigenvalue weighted by atomic mass is 32.2. The Kier molecular flexibility index (Phi) is 4.88. The molecule has 7 nitrogen and oxygen atoms in total. The van der Waals surface area contributed by atoms with Crippen molar-refractivity contribution in [3.63, 3.8) is 0 Å². The van der Waals surface area contributed by atoms with Gasteiger partial charge in [0.1, 0.15) is 5.69 Å². The van der Waals surface area contributed by atoms with Crippen molar-refractivity contribution in [2.45, 2.75) is 18.7 Å². The molecule has 0 spiro atoms. The first-order chi connectivity index (χ1) is 12.9. The van der Waals surface area contributed by atoms with Crippen LogP contribution < -0.4 is 4.72 Å². The highest BCUT2D eigenvalue weighted by Gasteiger charge is 2.19. The molecule has 0 bridgehead atoms. The number of rotatable bonds is 5. The van der Waals surface area contributed by atoms with E-state index in [9.17, 15) is 13.2 Å². The summed E-state index contributed by atoms with van der Waals surface area (Å²) in [5.41, 5.74) is 2.15. The molecule has 27 heavy (non-hydrogen) atoms. The smallest absolute Gasteiger partial charge is 0.354 e. The van der Waals surface area contributed by atoms with Gasteiger partial charge in [-0.05, 0) is 49.7 Å². The third kappa shape index (κ3) is 3.64. The van der Waals surface area contributed by atoms with Crippen LogP contribution in [0.5, 0.6) is 0 Å². The number of sulfonamides is 1. The number of aromatic amines is 1. The molecule has 138 valence electrons. The largest absolute Gasteiger partial charge is 0.461 e. The summed E-state index contributed by atoms with van der Waals surface area (Å²) >= 11 is 0. The van der Waals surface area contributed by atoms with Crippen LogP contribution in [0.15, 0.2) is 47.4 Å². The van der Waals surface area contributed by atoms with Crippen LogP contribution in [0.25, 0.3) is 10.9 Å². The van der Waals surface area contributed by atoms with Crippen LogP contribution in [0.2, 0.25) is 0 Å². The van der Waals surface area contributed by atoms with E-state index in [1.165, 1.54) is 24.3 Å². The van der Waals surface area contributed by atoms with E-state index in [1.807, 2.05) is 13.0 Å². The van der Waals surface area contributed by atoms with Gasteiger partial charge in [-0.1, -0.05) is 12.1 Å². The number of hydrogen-bond acceptors (Lipinski definition) is 5. The van der Waals surface area contributed by atoms with Gasteiger partial charge in [-0.3, -0.25) is 4.72 Å². The number of ether oxygens (including phenoxy) is 1. The zero-order valence-electron chi connectivity index (χ0n) is 14.7. The Labute approximate surface area is 156 Å². The van der Waals surface area contributed by atoms with Gasteiger partial charge in [-0.25, -0.2) is 13.2 Å². The van der Waals surface area contributed by atoms with Gasteiger partial charge in [0.05, 0.1) is 34.3 Å². The number of H-pyrrole nitrogens is 1. The Morgan fingerprint density at radius 2 is 2.04 bits per heavy atom. The van der Waals surface area contributed by atoms with Gasteiger partial charge in [-0.15, -0.1) is 0 Å². The van der Waals surface area contributed by atoms with Gasteiger partial charge in [0.2, 0.25) is 0 Å². The predicted octanol–water partition coefficient (Wildman–Crippen LogP) is 3.33. The lowest BCUT2D eigenvalue weighted by atomic mass is 10.1. The van der Waals surface area contributed by atoms with Gasteiger partial charge in [-0.2, -0.15) is 5.26 Å². The van der Waals surface area contributed by atoms with Crippen molar-refractivity contribution < 1.29 is 17.9 Å². The molecule has 0 unspecified atom stereocenters. The Bertz CT molecular complexity index is 1170. The van der Waals surface area contributed by atoms with Gasteiger partial charge in [0.25, 0.3) is 10.0 Å². The van der Waals surface area contributed by atoms with Gasteiger partial charge < -0.3 is 9.72 Å². The number of nitrogens with one attached hydrogen (secondary N) is 2. The average molecular weight is 383 g/mol. The normalized spacial score (nSPS) is 11.1. The fraction of sp³-hybridized carbons (Fsp3) is 0.158. The molecule has 1 aromatic heterocycles. The molecule has 0 aliphatic heterocycles. The molecule has 0 fully saturated rings. The number of carbonyl (C=O) groups is 1. The van der Waals surface area contributed by atoms with Crippen molar-refractivity contribution in [1.82, 2.24) is 4.98 Å². The summed E-state index contributed by atoms with van der Waals surface area (Å²) in [5, 5.41) is 9.69. The third-order valence-corrected chi connectivity index (χ3v) is 5.39. The lowest BCUT2D eigenvalue weighted by molar-refractivity contribution is 0.0520. The van der Waals surface area contributed by atoms with Crippen molar-refractivity contribution in [2.75, 3.05) is 11.3 Å². The molecule has 0 aliphatic rings. The summed E-state index contributed by atoms with van der Waals surface area (Å²) in [6, 6.07) is 12.7. The first-order valence-electron chi connectivity index (χ1n) is 8.18. The maximum absolute atomic E-state index is 12.7. The number of aryl methyl sites for hydroxylation is 1. The highest BCUT2D eigenvalue weighted by Crippen LogP contribution is 2.29. The minimum absolute atomic E-state index is 0.0209. The second kappa shape index (κ2) is 7.13. The average Bonchev–Trinajstić information content (AvgIpc) is 3.11. The van der Waals surface area contributed by atoms with Crippen LogP contribution in [-0.2, 0) is 14.8 Å². The number of fused-ring (bicyclic) bond motifs is 1. The summed E-state index contributed by atoms with van der Waals surface area (Å²) in [5.74, 6) is -0.511. The number of anilines is 1. The van der Waals surface area contributed by atoms with E-state index in [0.717, 1.165) is 5.56 Å². The lowest BCUT2D eigenvalue weighted by Crippen LogP contribution is -2.13. The quantitative estimate of drug-likeness (QED) is 0.656. The van der Waals surface area contributed by atoms with Gasteiger partial charge in [0.15, 0.2) is 0 Å². The summed E-state index contributed by atoms with van der Waals surface area (Å²) in [4.78, 5) is 14.9. The molecule has 0 radical (unpaired) electrons. The molecule has 8 heteroatoms. The Hall–Kier alpha value is -3.31. The Balaban J connectivity index is 2.05. The van der Waals surface area contributed by atoms with E-state index >= 15 is 0 Å². The molecule has 0 saturated carbocycles. The maximum Gasteiger partial charge on any atom is 0.354 e. The molecule has 2 N–H and O–H groups in total. The monoisotopic (exact) mass is 383 g/mol. The van der Waals surface area contributed by atoms with Crippen molar-refractivity contribution >= 4 is 32.6 Å². The lowest BCUT2D eigenvalue weighted by Gasteiger charge is -2.10. The molecular formula is C19H17N3O4S. The SMILES string of the molecule is CCOC(=O)c1cc2c(C)ccc(NS(=O)(=O)c3cccc(C#N)c3)c2[nH]1. The standard InChI is InChI=1S/C19H17N3O4S/c1-3-26-19(23)17-10-15-12(2)7-8-16(18(15)21-17)22-27(24,25)14-6-4-5-13(9-14)11-20/h4-10,21-22H,3H2,1-2H3. The van der Waals surface area contributed by atoms with Crippen LogP contribution in [0, 0.1) is 18.3 Å². The first-order valence-corrected chi connectivity index (χ1v) is 9.66. The maximum atomic E-state index is 12.7. The molecule has 0 amide bonds. The van der Waals surface area contributed by atoms with Crippen molar-refractivity contribution in [2.24, 2.45) is 0 Å². The molecule has 3 rings (SSSR count). The first kappa shape index (κ1) is 18.5. The summed E-state index contributed by atoms with van der Waals surface area (Å²) < 4.78 is 32.9. The molecule has 0 aliphatic carbocycles. The number of hydrogen-bond donors (Lipinski definition) is 2. The van der Waals surface area contributed by atoms with Crippen LogP contribution in [0.4, 0.5) is 5.69 Å². The molecule has 2 aromatic carbocycles. The minimum atomic E-state index is -3.91. The summed E-state index contributed by atoms with van der Waals surface area (Å²) in [6.07, 6.45) is 0. The van der Waals surface area contributed by atoms with Crippen LogP contribution in [0.3, 0.4) is 0 Å². The fourth-order valence-electron chi connectivity index (χ4n) is 2.70. The number of nitrogens with zero attached hydrogens (tertiary/aromatic N) is 1. The second-order valence-electron chi connectivity index (χ2n) is 5.87. The number of aromatic nitrogens is 1. The van der Waals surface area contributed by atoms with E-state index in [1.54, 1.807) is 25.1 Å². The van der Waals surface area contributed by atoms with Gasteiger partial charge >= 0.3 is 5.97 Å². The van der Waals surface area contributed by atoms with Crippen molar-refractivity contribution in [1.29, 1.82) is 5.26 Å². The molecule has 3 aromatic rings.